The quantitative estimate of drug-likeness (QED) is 0.771. The molecular weight excluding hydrogens is 322 g/mol. The van der Waals surface area contributed by atoms with Gasteiger partial charge in [-0.15, -0.1) is 0 Å². The summed E-state index contributed by atoms with van der Waals surface area (Å²) in [6, 6.07) is 0. The van der Waals surface area contributed by atoms with E-state index in [1.54, 1.807) is 16.7 Å². The number of piperazine rings is 1. The molecule has 2 amide bonds. The molecule has 8 heteroatoms. The van der Waals surface area contributed by atoms with Crippen molar-refractivity contribution in [1.82, 2.24) is 19.6 Å². The monoisotopic (exact) mass is 349 g/mol. The van der Waals surface area contributed by atoms with Crippen LogP contribution in [0.2, 0.25) is 0 Å². The number of aryl methyl sites for hydroxylation is 1. The molecule has 25 heavy (non-hydrogen) atoms. The summed E-state index contributed by atoms with van der Waals surface area (Å²) in [7, 11) is 3.46. The van der Waals surface area contributed by atoms with Crippen molar-refractivity contribution in [1.29, 1.82) is 0 Å². The van der Waals surface area contributed by atoms with Crippen LogP contribution in [0.15, 0.2) is 12.4 Å². The van der Waals surface area contributed by atoms with Crippen molar-refractivity contribution < 1.29 is 14.3 Å². The van der Waals surface area contributed by atoms with E-state index < -0.39 is 6.10 Å². The fraction of sp³-hybridized carbons (Fsp3) is 0.706. The standard InChI is InChI=1S/C17H27N5O3/c1-19-12-14(11-18-19)20-7-9-21(10-8-20)16(23)13-22-6-4-3-5-15(25-2)17(22)24/h11-12,15H,3-10,13H2,1-2H3. The molecule has 1 aromatic rings. The maximum atomic E-state index is 12.6. The van der Waals surface area contributed by atoms with Crippen molar-refractivity contribution in [2.45, 2.75) is 25.4 Å². The highest BCUT2D eigenvalue weighted by atomic mass is 16.5. The maximum Gasteiger partial charge on any atom is 0.252 e. The summed E-state index contributed by atoms with van der Waals surface area (Å²) in [5, 5.41) is 4.19. The Bertz CT molecular complexity index is 609. The first kappa shape index (κ1) is 17.7. The Morgan fingerprint density at radius 3 is 2.64 bits per heavy atom. The molecule has 0 spiro atoms. The number of rotatable bonds is 4. The van der Waals surface area contributed by atoms with Crippen molar-refractivity contribution >= 4 is 17.5 Å². The van der Waals surface area contributed by atoms with Crippen molar-refractivity contribution in [2.24, 2.45) is 7.05 Å². The smallest absolute Gasteiger partial charge is 0.252 e. The second kappa shape index (κ2) is 7.86. The highest BCUT2D eigenvalue weighted by Gasteiger charge is 2.30. The minimum absolute atomic E-state index is 0.0240. The van der Waals surface area contributed by atoms with Crippen LogP contribution in [0.5, 0.6) is 0 Å². The van der Waals surface area contributed by atoms with Gasteiger partial charge in [0.1, 0.15) is 6.10 Å². The third-order valence-corrected chi connectivity index (χ3v) is 5.03. The van der Waals surface area contributed by atoms with Crippen LogP contribution >= 0.6 is 0 Å². The van der Waals surface area contributed by atoms with Crippen LogP contribution in [0.25, 0.3) is 0 Å². The molecule has 2 saturated heterocycles. The highest BCUT2D eigenvalue weighted by Crippen LogP contribution is 2.17. The summed E-state index contributed by atoms with van der Waals surface area (Å²) in [5.74, 6) is -0.0294. The molecule has 0 radical (unpaired) electrons. The number of carbonyl (C=O) groups is 2. The van der Waals surface area contributed by atoms with Crippen molar-refractivity contribution in [3.05, 3.63) is 12.4 Å². The van der Waals surface area contributed by atoms with E-state index in [0.717, 1.165) is 38.0 Å². The van der Waals surface area contributed by atoms with Gasteiger partial charge in [0.2, 0.25) is 5.91 Å². The third-order valence-electron chi connectivity index (χ3n) is 5.03. The predicted octanol–water partition coefficient (Wildman–Crippen LogP) is 0.0962. The summed E-state index contributed by atoms with van der Waals surface area (Å²) in [4.78, 5) is 30.8. The van der Waals surface area contributed by atoms with E-state index in [1.165, 1.54) is 0 Å². The first-order chi connectivity index (χ1) is 12.1. The van der Waals surface area contributed by atoms with E-state index in [1.807, 2.05) is 24.3 Å². The largest absolute Gasteiger partial charge is 0.372 e. The Labute approximate surface area is 148 Å². The van der Waals surface area contributed by atoms with Gasteiger partial charge in [-0.05, 0) is 19.3 Å². The zero-order valence-electron chi connectivity index (χ0n) is 15.1. The minimum atomic E-state index is -0.405. The predicted molar refractivity (Wildman–Crippen MR) is 93.2 cm³/mol. The molecule has 0 aliphatic carbocycles. The summed E-state index contributed by atoms with van der Waals surface area (Å²) < 4.78 is 7.06. The molecule has 0 bridgehead atoms. The molecule has 2 fully saturated rings. The van der Waals surface area contributed by atoms with Crippen LogP contribution in [0.3, 0.4) is 0 Å². The topological polar surface area (TPSA) is 70.9 Å². The molecule has 1 unspecified atom stereocenters. The fourth-order valence-electron chi connectivity index (χ4n) is 3.49. The zero-order valence-corrected chi connectivity index (χ0v) is 15.1. The first-order valence-electron chi connectivity index (χ1n) is 8.91. The highest BCUT2D eigenvalue weighted by molar-refractivity contribution is 5.87. The van der Waals surface area contributed by atoms with Crippen molar-refractivity contribution in [3.8, 4) is 0 Å². The Kier molecular flexibility index (Phi) is 5.57. The van der Waals surface area contributed by atoms with E-state index >= 15 is 0 Å². The molecule has 138 valence electrons. The lowest BCUT2D eigenvalue weighted by molar-refractivity contribution is -0.146. The number of carbonyl (C=O) groups excluding carboxylic acids is 2. The van der Waals surface area contributed by atoms with Crippen LogP contribution in [0.1, 0.15) is 19.3 Å². The number of hydrogen-bond acceptors (Lipinski definition) is 5. The van der Waals surface area contributed by atoms with Gasteiger partial charge in [-0.2, -0.15) is 5.10 Å². The lowest BCUT2D eigenvalue weighted by Gasteiger charge is -2.36. The van der Waals surface area contributed by atoms with Gasteiger partial charge in [-0.25, -0.2) is 0 Å². The SMILES string of the molecule is COC1CCCCN(CC(=O)N2CCN(c3cnn(C)c3)CC2)C1=O. The minimum Gasteiger partial charge on any atom is -0.372 e. The average molecular weight is 349 g/mol. The number of nitrogens with zero attached hydrogens (tertiary/aromatic N) is 5. The van der Waals surface area contributed by atoms with Crippen LogP contribution in [0.4, 0.5) is 5.69 Å². The molecule has 8 nitrogen and oxygen atoms in total. The van der Waals surface area contributed by atoms with E-state index in [9.17, 15) is 9.59 Å². The molecular formula is C17H27N5O3. The van der Waals surface area contributed by atoms with Gasteiger partial charge >= 0.3 is 0 Å². The molecule has 1 aromatic heterocycles. The Morgan fingerprint density at radius 2 is 2.00 bits per heavy atom. The van der Waals surface area contributed by atoms with Gasteiger partial charge in [0.05, 0.1) is 18.4 Å². The van der Waals surface area contributed by atoms with Gasteiger partial charge in [-0.1, -0.05) is 0 Å². The number of hydrogen-bond donors (Lipinski definition) is 0. The molecule has 2 aliphatic rings. The van der Waals surface area contributed by atoms with E-state index in [-0.39, 0.29) is 18.4 Å². The number of methoxy groups -OCH3 is 1. The number of likely N-dealkylation sites (tertiary alicyclic amines) is 1. The number of aromatic nitrogens is 2. The van der Waals surface area contributed by atoms with Gasteiger partial charge < -0.3 is 19.4 Å². The van der Waals surface area contributed by atoms with Gasteiger partial charge in [0.25, 0.3) is 5.91 Å². The zero-order chi connectivity index (χ0) is 17.8. The summed E-state index contributed by atoms with van der Waals surface area (Å²) in [6.07, 6.45) is 6.05. The van der Waals surface area contributed by atoms with Gasteiger partial charge in [0, 0.05) is 53.1 Å². The number of anilines is 1. The van der Waals surface area contributed by atoms with E-state index in [2.05, 4.69) is 10.00 Å². The lowest BCUT2D eigenvalue weighted by Crippen LogP contribution is -2.52. The van der Waals surface area contributed by atoms with Crippen LogP contribution < -0.4 is 4.90 Å². The molecule has 3 rings (SSSR count). The first-order valence-corrected chi connectivity index (χ1v) is 8.91. The molecule has 0 saturated carbocycles. The summed E-state index contributed by atoms with van der Waals surface area (Å²) in [6.45, 7) is 3.71. The fourth-order valence-corrected chi connectivity index (χ4v) is 3.49. The third kappa shape index (κ3) is 4.12. The molecule has 2 aliphatic heterocycles. The van der Waals surface area contributed by atoms with Crippen molar-refractivity contribution in [2.75, 3.05) is 51.3 Å². The second-order valence-corrected chi connectivity index (χ2v) is 6.72. The summed E-state index contributed by atoms with van der Waals surface area (Å²) >= 11 is 0. The summed E-state index contributed by atoms with van der Waals surface area (Å²) in [5.41, 5.74) is 1.08. The molecule has 1 atom stereocenters. The Balaban J connectivity index is 1.53. The second-order valence-electron chi connectivity index (χ2n) is 6.72. The Morgan fingerprint density at radius 1 is 1.24 bits per heavy atom. The normalized spacial score (nSPS) is 22.2. The maximum absolute atomic E-state index is 12.6. The van der Waals surface area contributed by atoms with Crippen LogP contribution in [0, 0.1) is 0 Å². The Hall–Kier alpha value is -2.09. The number of ether oxygens (including phenoxy) is 1. The molecule has 0 N–H and O–H groups in total. The van der Waals surface area contributed by atoms with Crippen LogP contribution in [-0.2, 0) is 21.4 Å². The van der Waals surface area contributed by atoms with Gasteiger partial charge in [0.15, 0.2) is 0 Å². The van der Waals surface area contributed by atoms with E-state index in [4.69, 9.17) is 4.74 Å². The molecule has 0 aromatic carbocycles. The van der Waals surface area contributed by atoms with E-state index in [0.29, 0.717) is 19.6 Å². The average Bonchev–Trinajstić information content (AvgIpc) is 2.98. The number of amides is 2. The van der Waals surface area contributed by atoms with Crippen molar-refractivity contribution in [3.63, 3.8) is 0 Å². The molecule has 3 heterocycles. The van der Waals surface area contributed by atoms with Gasteiger partial charge in [-0.3, -0.25) is 14.3 Å². The lowest BCUT2D eigenvalue weighted by atomic mass is 10.2. The van der Waals surface area contributed by atoms with Crippen LogP contribution in [-0.4, -0.2) is 83.9 Å².